The van der Waals surface area contributed by atoms with Crippen molar-refractivity contribution in [1.82, 2.24) is 14.3 Å². The highest BCUT2D eigenvalue weighted by Gasteiger charge is 2.21. The lowest BCUT2D eigenvalue weighted by atomic mass is 10.4. The second-order valence-electron chi connectivity index (χ2n) is 3.01. The molecule has 0 atom stereocenters. The maximum Gasteiger partial charge on any atom is 0.279 e. The van der Waals surface area contributed by atoms with E-state index < -0.39 is 10.2 Å². The molecule has 0 aliphatic carbocycles. The maximum atomic E-state index is 11.5. The summed E-state index contributed by atoms with van der Waals surface area (Å²) in [6.45, 7) is 5.06. The summed E-state index contributed by atoms with van der Waals surface area (Å²) in [6.07, 6.45) is 0.880. The zero-order valence-corrected chi connectivity index (χ0v) is 8.73. The van der Waals surface area contributed by atoms with E-state index in [9.17, 15) is 8.42 Å². The lowest BCUT2D eigenvalue weighted by molar-refractivity contribution is 0.423. The Bertz CT molecular complexity index is 232. The van der Waals surface area contributed by atoms with Gasteiger partial charge in [-0.2, -0.15) is 12.7 Å². The Balaban J connectivity index is 2.57. The molecule has 1 fully saturated rings. The van der Waals surface area contributed by atoms with Gasteiger partial charge in [0, 0.05) is 26.2 Å². The minimum atomic E-state index is -3.21. The van der Waals surface area contributed by atoms with Crippen LogP contribution in [0.3, 0.4) is 0 Å². The highest BCUT2D eigenvalue weighted by Crippen LogP contribution is 2.00. The van der Waals surface area contributed by atoms with Crippen LogP contribution in [0.2, 0.25) is 0 Å². The van der Waals surface area contributed by atoms with Gasteiger partial charge in [-0.3, -0.25) is 0 Å². The summed E-state index contributed by atoms with van der Waals surface area (Å²) >= 11 is 0. The molecule has 0 unspecified atom stereocenters. The fourth-order valence-corrected chi connectivity index (χ4v) is 2.58. The summed E-state index contributed by atoms with van der Waals surface area (Å²) in [5, 5.41) is 3.16. The predicted molar refractivity (Wildman–Crippen MR) is 51.7 cm³/mol. The third kappa shape index (κ3) is 3.22. The first-order valence-corrected chi connectivity index (χ1v) is 6.06. The lowest BCUT2D eigenvalue weighted by Crippen LogP contribution is -2.42. The number of nitrogens with zero attached hydrogens (tertiary/aromatic N) is 1. The van der Waals surface area contributed by atoms with E-state index in [0.29, 0.717) is 19.6 Å². The zero-order chi connectivity index (χ0) is 9.73. The molecule has 0 amide bonds. The topological polar surface area (TPSA) is 61.4 Å². The summed E-state index contributed by atoms with van der Waals surface area (Å²) < 4.78 is 27.0. The number of nitrogens with one attached hydrogen (secondary N) is 2. The smallest absolute Gasteiger partial charge is 0.279 e. The van der Waals surface area contributed by atoms with Crippen molar-refractivity contribution in [3.8, 4) is 0 Å². The third-order valence-corrected chi connectivity index (χ3v) is 3.66. The van der Waals surface area contributed by atoms with Gasteiger partial charge in [0.15, 0.2) is 0 Å². The minimum absolute atomic E-state index is 0.451. The Morgan fingerprint density at radius 2 is 2.15 bits per heavy atom. The molecule has 1 aliphatic heterocycles. The van der Waals surface area contributed by atoms with Gasteiger partial charge in [0.1, 0.15) is 0 Å². The van der Waals surface area contributed by atoms with Crippen LogP contribution in [0.1, 0.15) is 13.3 Å². The van der Waals surface area contributed by atoms with Crippen LogP contribution < -0.4 is 10.0 Å². The average Bonchev–Trinajstić information content (AvgIpc) is 2.31. The van der Waals surface area contributed by atoms with Crippen molar-refractivity contribution in [2.75, 3.05) is 32.7 Å². The van der Waals surface area contributed by atoms with E-state index in [1.807, 2.05) is 0 Å². The van der Waals surface area contributed by atoms with E-state index in [1.54, 1.807) is 6.92 Å². The molecule has 0 saturated carbocycles. The molecule has 0 spiro atoms. The van der Waals surface area contributed by atoms with Crippen molar-refractivity contribution in [1.29, 1.82) is 0 Å². The van der Waals surface area contributed by atoms with Crippen LogP contribution in [0.15, 0.2) is 0 Å². The first kappa shape index (κ1) is 10.9. The van der Waals surface area contributed by atoms with Crippen molar-refractivity contribution in [2.45, 2.75) is 13.3 Å². The molecule has 13 heavy (non-hydrogen) atoms. The highest BCUT2D eigenvalue weighted by atomic mass is 32.2. The number of hydrogen-bond donors (Lipinski definition) is 2. The van der Waals surface area contributed by atoms with Gasteiger partial charge in [-0.05, 0) is 13.0 Å². The third-order valence-electron chi connectivity index (χ3n) is 1.97. The van der Waals surface area contributed by atoms with Crippen molar-refractivity contribution in [3.63, 3.8) is 0 Å². The van der Waals surface area contributed by atoms with Crippen LogP contribution >= 0.6 is 0 Å². The molecule has 0 aromatic carbocycles. The van der Waals surface area contributed by atoms with Crippen LogP contribution in [0.4, 0.5) is 0 Å². The Hall–Kier alpha value is -0.170. The van der Waals surface area contributed by atoms with Crippen LogP contribution in [-0.4, -0.2) is 45.4 Å². The quantitative estimate of drug-likeness (QED) is 0.633. The number of rotatable bonds is 3. The summed E-state index contributed by atoms with van der Waals surface area (Å²) in [5.74, 6) is 0. The normalized spacial score (nSPS) is 21.3. The van der Waals surface area contributed by atoms with Crippen molar-refractivity contribution >= 4 is 10.2 Å². The summed E-state index contributed by atoms with van der Waals surface area (Å²) in [5.41, 5.74) is 0. The molecular weight excluding hydrogens is 190 g/mol. The summed E-state index contributed by atoms with van der Waals surface area (Å²) in [6, 6.07) is 0. The van der Waals surface area contributed by atoms with Gasteiger partial charge in [0.05, 0.1) is 0 Å². The van der Waals surface area contributed by atoms with Crippen LogP contribution in [-0.2, 0) is 10.2 Å². The van der Waals surface area contributed by atoms with E-state index in [2.05, 4.69) is 10.0 Å². The SMILES string of the molecule is CCNS(=O)(=O)N1CCCNCC1. The first-order chi connectivity index (χ1) is 6.17. The highest BCUT2D eigenvalue weighted by molar-refractivity contribution is 7.87. The van der Waals surface area contributed by atoms with E-state index in [1.165, 1.54) is 4.31 Å². The molecule has 6 heteroatoms. The van der Waals surface area contributed by atoms with E-state index >= 15 is 0 Å². The molecule has 0 aromatic rings. The molecule has 0 radical (unpaired) electrons. The maximum absolute atomic E-state index is 11.5. The van der Waals surface area contributed by atoms with Gasteiger partial charge in [-0.15, -0.1) is 0 Å². The Morgan fingerprint density at radius 3 is 2.85 bits per heavy atom. The van der Waals surface area contributed by atoms with E-state index in [4.69, 9.17) is 0 Å². The van der Waals surface area contributed by atoms with Crippen molar-refractivity contribution in [2.24, 2.45) is 0 Å². The monoisotopic (exact) mass is 207 g/mol. The molecule has 2 N–H and O–H groups in total. The van der Waals surface area contributed by atoms with Gasteiger partial charge in [0.2, 0.25) is 0 Å². The van der Waals surface area contributed by atoms with Gasteiger partial charge in [0.25, 0.3) is 10.2 Å². The van der Waals surface area contributed by atoms with Crippen molar-refractivity contribution < 1.29 is 8.42 Å². The van der Waals surface area contributed by atoms with Crippen molar-refractivity contribution in [3.05, 3.63) is 0 Å². The van der Waals surface area contributed by atoms with Gasteiger partial charge < -0.3 is 5.32 Å². The lowest BCUT2D eigenvalue weighted by Gasteiger charge is -2.19. The Morgan fingerprint density at radius 1 is 1.38 bits per heavy atom. The van der Waals surface area contributed by atoms with Gasteiger partial charge in [-0.1, -0.05) is 6.92 Å². The van der Waals surface area contributed by atoms with E-state index in [-0.39, 0.29) is 0 Å². The largest absolute Gasteiger partial charge is 0.315 e. The standard InChI is InChI=1S/C7H17N3O2S/c1-2-9-13(11,12)10-6-3-4-8-5-7-10/h8-9H,2-7H2,1H3. The van der Waals surface area contributed by atoms with E-state index in [0.717, 1.165) is 19.5 Å². The van der Waals surface area contributed by atoms with Crippen LogP contribution in [0.25, 0.3) is 0 Å². The summed E-state index contributed by atoms with van der Waals surface area (Å²) in [7, 11) is -3.21. The molecule has 1 saturated heterocycles. The molecule has 1 rings (SSSR count). The first-order valence-electron chi connectivity index (χ1n) is 4.62. The molecule has 5 nitrogen and oxygen atoms in total. The van der Waals surface area contributed by atoms with Crippen LogP contribution in [0, 0.1) is 0 Å². The second-order valence-corrected chi connectivity index (χ2v) is 4.76. The van der Waals surface area contributed by atoms with Gasteiger partial charge >= 0.3 is 0 Å². The Labute approximate surface area is 79.7 Å². The molecule has 1 aliphatic rings. The number of hydrogen-bond acceptors (Lipinski definition) is 3. The predicted octanol–water partition coefficient (Wildman–Crippen LogP) is -0.864. The second kappa shape index (κ2) is 4.90. The molecule has 78 valence electrons. The minimum Gasteiger partial charge on any atom is -0.315 e. The Kier molecular flexibility index (Phi) is 4.11. The molecule has 1 heterocycles. The fourth-order valence-electron chi connectivity index (χ4n) is 1.34. The summed E-state index contributed by atoms with van der Waals surface area (Å²) in [4.78, 5) is 0. The molecule has 0 aromatic heterocycles. The fraction of sp³-hybridized carbons (Fsp3) is 1.00. The zero-order valence-electron chi connectivity index (χ0n) is 7.91. The van der Waals surface area contributed by atoms with Crippen LogP contribution in [0.5, 0.6) is 0 Å². The van der Waals surface area contributed by atoms with Gasteiger partial charge in [-0.25, -0.2) is 4.72 Å². The molecule has 0 bridgehead atoms. The molecular formula is C7H17N3O2S. The average molecular weight is 207 g/mol.